The summed E-state index contributed by atoms with van der Waals surface area (Å²) in [4.78, 5) is 0. The molecule has 0 fully saturated rings. The van der Waals surface area contributed by atoms with Crippen molar-refractivity contribution in [1.82, 2.24) is 0 Å². The zero-order valence-corrected chi connectivity index (χ0v) is 29.7. The van der Waals surface area contributed by atoms with Gasteiger partial charge in [-0.15, -0.1) is 0 Å². The first-order chi connectivity index (χ1) is 27.3. The lowest BCUT2D eigenvalue weighted by Gasteiger charge is -2.20. The van der Waals surface area contributed by atoms with Crippen molar-refractivity contribution in [3.05, 3.63) is 159 Å². The molecule has 0 spiro atoms. The number of hydrogen-bond donors (Lipinski definition) is 0. The smallest absolute Gasteiger partial charge is 0.429 e. The largest absolute Gasteiger partial charge is 0.458 e. The summed E-state index contributed by atoms with van der Waals surface area (Å²) in [5, 5.41) is -0.955. The molecule has 14 heteroatoms. The average Bonchev–Trinajstić information content (AvgIpc) is 3.10. The van der Waals surface area contributed by atoms with Gasteiger partial charge in [-0.05, 0) is 108 Å². The minimum Gasteiger partial charge on any atom is -0.429 e. The Morgan fingerprint density at radius 2 is 1.22 bits per heavy atom. The second-order valence-electron chi connectivity index (χ2n) is 12.9. The van der Waals surface area contributed by atoms with Gasteiger partial charge < -0.3 is 4.74 Å². The Balaban J connectivity index is 1.25. The van der Waals surface area contributed by atoms with Crippen molar-refractivity contribution in [1.29, 1.82) is 0 Å². The van der Waals surface area contributed by atoms with Crippen molar-refractivity contribution in [2.45, 2.75) is 39.0 Å². The normalized spacial score (nSPS) is 11.6. The van der Waals surface area contributed by atoms with Gasteiger partial charge in [-0.2, -0.15) is 22.0 Å². The Kier molecular flexibility index (Phi) is 11.3. The summed E-state index contributed by atoms with van der Waals surface area (Å²) < 4.78 is 192. The highest BCUT2D eigenvalue weighted by molar-refractivity contribution is 5.89. The van der Waals surface area contributed by atoms with E-state index >= 15 is 30.7 Å². The minimum absolute atomic E-state index is 0.0802. The van der Waals surface area contributed by atoms with Crippen LogP contribution in [0.5, 0.6) is 5.75 Å². The zero-order valence-electron chi connectivity index (χ0n) is 29.7. The van der Waals surface area contributed by atoms with Gasteiger partial charge in [0.1, 0.15) is 57.9 Å². The SMILES string of the molecule is CCCc1cc(C)c(C#Cc2ccc(-c3cc(F)c(C(F)(F)Oc4ccc5c(F)c(-c6cc(F)c(C#CC(F)(F)F)c(F)c6)c(F)cc5c4)c(F)c3)c(F)c2)c(F)c1. The molecule has 0 heterocycles. The second kappa shape index (κ2) is 15.9. The van der Waals surface area contributed by atoms with Crippen LogP contribution in [-0.2, 0) is 12.5 Å². The third-order valence-electron chi connectivity index (χ3n) is 8.74. The van der Waals surface area contributed by atoms with E-state index in [2.05, 4.69) is 16.6 Å². The van der Waals surface area contributed by atoms with Crippen LogP contribution in [0.4, 0.5) is 57.1 Å². The van der Waals surface area contributed by atoms with Gasteiger partial charge in [-0.25, -0.2) is 35.1 Å². The van der Waals surface area contributed by atoms with Crippen molar-refractivity contribution >= 4 is 10.8 Å². The summed E-state index contributed by atoms with van der Waals surface area (Å²) in [5.41, 5.74) is -4.32. The standard InChI is InChI=1S/C44H23F13O/c1-3-4-24-13-22(2)29(33(45)15-24)8-5-23-6-9-30(34(46)14-23)26-18-38(50)41(39(51)19-26)44(56,57)58-28-7-10-31-25(16-28)17-37(49)40(42(31)52)27-20-35(47)32(36(48)21-27)11-12-43(53,54)55/h6-7,9-10,13-21H,3-4H2,1-2H3. The molecule has 0 amide bonds. The maximum absolute atomic E-state index is 15.5. The van der Waals surface area contributed by atoms with Crippen LogP contribution in [0.1, 0.15) is 46.7 Å². The quantitative estimate of drug-likeness (QED) is 0.115. The van der Waals surface area contributed by atoms with Crippen LogP contribution >= 0.6 is 0 Å². The lowest BCUT2D eigenvalue weighted by molar-refractivity contribution is -0.189. The third-order valence-corrected chi connectivity index (χ3v) is 8.74. The molecule has 6 aromatic carbocycles. The van der Waals surface area contributed by atoms with E-state index in [4.69, 9.17) is 0 Å². The van der Waals surface area contributed by atoms with Gasteiger partial charge in [0.15, 0.2) is 0 Å². The van der Waals surface area contributed by atoms with Gasteiger partial charge >= 0.3 is 12.3 Å². The second-order valence-corrected chi connectivity index (χ2v) is 12.9. The van der Waals surface area contributed by atoms with Crippen LogP contribution < -0.4 is 4.74 Å². The van der Waals surface area contributed by atoms with Crippen molar-refractivity contribution in [3.8, 4) is 51.7 Å². The molecule has 0 bridgehead atoms. The van der Waals surface area contributed by atoms with E-state index in [1.54, 1.807) is 13.0 Å². The summed E-state index contributed by atoms with van der Waals surface area (Å²) in [6, 6.07) is 10.8. The third kappa shape index (κ3) is 8.61. The summed E-state index contributed by atoms with van der Waals surface area (Å²) in [7, 11) is 0. The predicted molar refractivity (Wildman–Crippen MR) is 190 cm³/mol. The van der Waals surface area contributed by atoms with Crippen LogP contribution in [0.3, 0.4) is 0 Å². The van der Waals surface area contributed by atoms with Crippen LogP contribution in [-0.4, -0.2) is 6.18 Å². The molecular formula is C44H23F13O. The Labute approximate surface area is 321 Å². The predicted octanol–water partition coefficient (Wildman–Crippen LogP) is 13.0. The van der Waals surface area contributed by atoms with E-state index in [0.717, 1.165) is 36.2 Å². The van der Waals surface area contributed by atoms with E-state index in [-0.39, 0.29) is 16.7 Å². The summed E-state index contributed by atoms with van der Waals surface area (Å²) in [6.45, 7) is 3.62. The topological polar surface area (TPSA) is 9.23 Å². The van der Waals surface area contributed by atoms with Crippen LogP contribution in [0.15, 0.2) is 78.9 Å². The molecule has 0 saturated carbocycles. The van der Waals surface area contributed by atoms with E-state index in [1.165, 1.54) is 18.1 Å². The average molecular weight is 815 g/mol. The highest BCUT2D eigenvalue weighted by Crippen LogP contribution is 2.40. The molecule has 0 atom stereocenters. The fraction of sp³-hybridized carbons (Fsp3) is 0.136. The molecular weight excluding hydrogens is 791 g/mol. The number of rotatable bonds is 7. The van der Waals surface area contributed by atoms with E-state index in [0.29, 0.717) is 54.3 Å². The minimum atomic E-state index is -5.09. The number of ether oxygens (including phenoxy) is 1. The molecule has 0 saturated heterocycles. The summed E-state index contributed by atoms with van der Waals surface area (Å²) in [5.74, 6) is -5.15. The van der Waals surface area contributed by atoms with E-state index in [1.807, 2.05) is 6.92 Å². The highest BCUT2D eigenvalue weighted by atomic mass is 19.4. The highest BCUT2D eigenvalue weighted by Gasteiger charge is 2.41. The summed E-state index contributed by atoms with van der Waals surface area (Å²) >= 11 is 0. The molecule has 0 N–H and O–H groups in total. The fourth-order valence-corrected chi connectivity index (χ4v) is 6.18. The lowest BCUT2D eigenvalue weighted by atomic mass is 9.98. The molecule has 6 aromatic rings. The maximum Gasteiger partial charge on any atom is 0.458 e. The van der Waals surface area contributed by atoms with Crippen molar-refractivity contribution < 1.29 is 61.8 Å². The van der Waals surface area contributed by atoms with Crippen molar-refractivity contribution in [3.63, 3.8) is 0 Å². The molecule has 0 unspecified atom stereocenters. The zero-order chi connectivity index (χ0) is 42.3. The fourth-order valence-electron chi connectivity index (χ4n) is 6.18. The number of benzene rings is 6. The van der Waals surface area contributed by atoms with Crippen LogP contribution in [0.2, 0.25) is 0 Å². The molecule has 1 nitrogen and oxygen atoms in total. The first-order valence-electron chi connectivity index (χ1n) is 16.9. The van der Waals surface area contributed by atoms with Gasteiger partial charge in [0, 0.05) is 22.4 Å². The number of fused-ring (bicyclic) bond motifs is 1. The van der Waals surface area contributed by atoms with E-state index < -0.39 is 103 Å². The number of aryl methyl sites for hydroxylation is 2. The Hall–Kier alpha value is -6.41. The molecule has 0 radical (unpaired) electrons. The van der Waals surface area contributed by atoms with Crippen LogP contribution in [0.25, 0.3) is 33.0 Å². The number of hydrogen-bond acceptors (Lipinski definition) is 1. The number of alkyl halides is 5. The molecule has 296 valence electrons. The Morgan fingerprint density at radius 3 is 1.83 bits per heavy atom. The molecule has 58 heavy (non-hydrogen) atoms. The van der Waals surface area contributed by atoms with Crippen LogP contribution in [0, 0.1) is 77.1 Å². The molecule has 0 aliphatic heterocycles. The molecule has 6 rings (SSSR count). The monoisotopic (exact) mass is 814 g/mol. The lowest BCUT2D eigenvalue weighted by Crippen LogP contribution is -2.25. The van der Waals surface area contributed by atoms with Gasteiger partial charge in [0.2, 0.25) is 0 Å². The van der Waals surface area contributed by atoms with Crippen molar-refractivity contribution in [2.75, 3.05) is 0 Å². The van der Waals surface area contributed by atoms with Gasteiger partial charge in [-0.1, -0.05) is 43.2 Å². The number of halogens is 13. The first kappa shape index (κ1) is 41.2. The Bertz CT molecular complexity index is 2680. The molecule has 0 aromatic heterocycles. The van der Waals surface area contributed by atoms with Crippen molar-refractivity contribution in [2.24, 2.45) is 0 Å². The van der Waals surface area contributed by atoms with Gasteiger partial charge in [0.25, 0.3) is 0 Å². The maximum atomic E-state index is 15.5. The van der Waals surface area contributed by atoms with E-state index in [9.17, 15) is 26.3 Å². The molecule has 0 aliphatic carbocycles. The Morgan fingerprint density at radius 1 is 0.586 bits per heavy atom. The van der Waals surface area contributed by atoms with Gasteiger partial charge in [0.05, 0.1) is 16.7 Å². The molecule has 0 aliphatic rings. The summed E-state index contributed by atoms with van der Waals surface area (Å²) in [6.07, 6.45) is -8.38. The first-order valence-corrected chi connectivity index (χ1v) is 16.9. The van der Waals surface area contributed by atoms with Gasteiger partial charge in [-0.3, -0.25) is 0 Å².